The topological polar surface area (TPSA) is 125 Å². The zero-order valence-electron chi connectivity index (χ0n) is 25.5. The molecule has 1 aromatic heterocycles. The van der Waals surface area contributed by atoms with Gasteiger partial charge in [0.25, 0.3) is 5.91 Å². The lowest BCUT2D eigenvalue weighted by molar-refractivity contribution is -0.156. The van der Waals surface area contributed by atoms with Crippen molar-refractivity contribution in [2.45, 2.75) is 65.1 Å². The summed E-state index contributed by atoms with van der Waals surface area (Å²) >= 11 is 12.5. The quantitative estimate of drug-likeness (QED) is 0.154. The molecule has 0 saturated carbocycles. The number of aliphatic hydroxyl groups is 1. The number of carbonyl (C=O) groups excluding carboxylic acids is 2. The monoisotopic (exact) mass is 648 g/mol. The summed E-state index contributed by atoms with van der Waals surface area (Å²) in [4.78, 5) is 30.5. The predicted octanol–water partition coefficient (Wildman–Crippen LogP) is 5.85. The highest BCUT2D eigenvalue weighted by molar-refractivity contribution is 6.35. The molecule has 2 N–H and O–H groups in total. The second kappa shape index (κ2) is 15.9. The van der Waals surface area contributed by atoms with Gasteiger partial charge in [0.05, 0.1) is 12.1 Å². The van der Waals surface area contributed by atoms with Crippen LogP contribution in [0.25, 0.3) is 0 Å². The Balaban J connectivity index is 1.77. The first-order valence-electron chi connectivity index (χ1n) is 14.0. The van der Waals surface area contributed by atoms with Crippen LogP contribution in [-0.4, -0.2) is 59.9 Å². The largest absolute Gasteiger partial charge is 0.493 e. The minimum absolute atomic E-state index is 0.00947. The van der Waals surface area contributed by atoms with E-state index in [4.69, 9.17) is 46.9 Å². The number of ether oxygens (including phenoxy) is 5. The number of pyridine rings is 1. The maximum Gasteiger partial charge on any atom is 0.328 e. The van der Waals surface area contributed by atoms with E-state index in [1.54, 1.807) is 25.1 Å². The fourth-order valence-corrected chi connectivity index (χ4v) is 4.98. The van der Waals surface area contributed by atoms with Crippen molar-refractivity contribution in [2.24, 2.45) is 5.92 Å². The van der Waals surface area contributed by atoms with Gasteiger partial charge in [-0.05, 0) is 64.8 Å². The van der Waals surface area contributed by atoms with Gasteiger partial charge in [-0.1, -0.05) is 53.5 Å². The van der Waals surface area contributed by atoms with Gasteiger partial charge in [0.15, 0.2) is 30.3 Å². The summed E-state index contributed by atoms with van der Waals surface area (Å²) in [5.74, 6) is -1.04. The summed E-state index contributed by atoms with van der Waals surface area (Å²) in [5.41, 5.74) is 0.0316. The van der Waals surface area contributed by atoms with Crippen molar-refractivity contribution in [1.29, 1.82) is 0 Å². The Bertz CT molecular complexity index is 1400. The number of esters is 1. The molecule has 3 aromatic rings. The summed E-state index contributed by atoms with van der Waals surface area (Å²) < 4.78 is 28.1. The van der Waals surface area contributed by atoms with Crippen molar-refractivity contribution < 1.29 is 38.4 Å². The van der Waals surface area contributed by atoms with E-state index in [1.165, 1.54) is 33.2 Å². The molecule has 1 unspecified atom stereocenters. The van der Waals surface area contributed by atoms with Crippen LogP contribution < -0.4 is 19.5 Å². The summed E-state index contributed by atoms with van der Waals surface area (Å²) in [5, 5.41) is 12.8. The molecule has 1 heterocycles. The Hall–Kier alpha value is -3.57. The number of benzene rings is 2. The Labute approximate surface area is 267 Å². The third-order valence-corrected chi connectivity index (χ3v) is 7.37. The van der Waals surface area contributed by atoms with Crippen LogP contribution >= 0.6 is 23.2 Å². The van der Waals surface area contributed by atoms with Crippen molar-refractivity contribution in [3.8, 4) is 17.2 Å². The Morgan fingerprint density at radius 1 is 1.02 bits per heavy atom. The molecule has 12 heteroatoms. The number of aliphatic hydroxyl groups excluding tert-OH is 1. The van der Waals surface area contributed by atoms with E-state index >= 15 is 0 Å². The summed E-state index contributed by atoms with van der Waals surface area (Å²) in [6, 6.07) is 15.2. The molecule has 0 aliphatic heterocycles. The molecule has 0 saturated heterocycles. The number of nitrogens with zero attached hydrogens (tertiary/aromatic N) is 1. The lowest BCUT2D eigenvalue weighted by atomic mass is 9.81. The summed E-state index contributed by atoms with van der Waals surface area (Å²) in [6.45, 7) is 8.14. The first-order chi connectivity index (χ1) is 20.8. The van der Waals surface area contributed by atoms with Crippen LogP contribution in [-0.2, 0) is 20.7 Å². The number of hydrogen-bond donors (Lipinski definition) is 2. The molecule has 44 heavy (non-hydrogen) atoms. The zero-order chi connectivity index (χ0) is 32.4. The van der Waals surface area contributed by atoms with Crippen molar-refractivity contribution in [3.05, 3.63) is 82.1 Å². The van der Waals surface area contributed by atoms with Crippen LogP contribution in [0.2, 0.25) is 10.0 Å². The number of hydrogen-bond acceptors (Lipinski definition) is 9. The molecular formula is C32H38Cl2N2O8. The molecular weight excluding hydrogens is 611 g/mol. The molecule has 238 valence electrons. The Morgan fingerprint density at radius 3 is 2.36 bits per heavy atom. The SMILES string of the molecule is COc1ccnc(C(=O)N[C@@H](C)C(=O)O[C@@H](C)[C@H](Cc2ccccc2)C(C)(C)Oc2ccc(Cl)cc2Cl)c1OCOC(C)O. The maximum absolute atomic E-state index is 13.3. The van der Waals surface area contributed by atoms with Gasteiger partial charge in [0.2, 0.25) is 0 Å². The Kier molecular flexibility index (Phi) is 12.7. The molecule has 1 amide bonds. The average Bonchev–Trinajstić information content (AvgIpc) is 2.97. The fourth-order valence-electron chi connectivity index (χ4n) is 4.54. The smallest absolute Gasteiger partial charge is 0.328 e. The van der Waals surface area contributed by atoms with E-state index in [2.05, 4.69) is 10.3 Å². The first kappa shape index (κ1) is 34.9. The van der Waals surface area contributed by atoms with Gasteiger partial charge in [-0.15, -0.1) is 0 Å². The molecule has 0 fully saturated rings. The minimum Gasteiger partial charge on any atom is -0.493 e. The molecule has 0 spiro atoms. The van der Waals surface area contributed by atoms with Crippen LogP contribution in [0.3, 0.4) is 0 Å². The third-order valence-electron chi connectivity index (χ3n) is 6.84. The Morgan fingerprint density at radius 2 is 1.73 bits per heavy atom. The van der Waals surface area contributed by atoms with Crippen LogP contribution in [0.4, 0.5) is 0 Å². The number of aromatic nitrogens is 1. The summed E-state index contributed by atoms with van der Waals surface area (Å²) in [7, 11) is 1.40. The highest BCUT2D eigenvalue weighted by Crippen LogP contribution is 2.36. The number of carbonyl (C=O) groups is 2. The highest BCUT2D eigenvalue weighted by Gasteiger charge is 2.39. The van der Waals surface area contributed by atoms with Crippen LogP contribution in [0.5, 0.6) is 17.2 Å². The van der Waals surface area contributed by atoms with Gasteiger partial charge in [-0.2, -0.15) is 0 Å². The number of nitrogens with one attached hydrogen (secondary N) is 1. The van der Waals surface area contributed by atoms with Gasteiger partial charge in [0.1, 0.15) is 23.5 Å². The van der Waals surface area contributed by atoms with Crippen molar-refractivity contribution >= 4 is 35.1 Å². The highest BCUT2D eigenvalue weighted by atomic mass is 35.5. The van der Waals surface area contributed by atoms with Gasteiger partial charge in [-0.3, -0.25) is 4.79 Å². The minimum atomic E-state index is -1.09. The average molecular weight is 650 g/mol. The molecule has 10 nitrogen and oxygen atoms in total. The third kappa shape index (κ3) is 9.72. The predicted molar refractivity (Wildman–Crippen MR) is 166 cm³/mol. The molecule has 3 rings (SSSR count). The maximum atomic E-state index is 13.3. The van der Waals surface area contributed by atoms with Gasteiger partial charge >= 0.3 is 5.97 Å². The van der Waals surface area contributed by atoms with E-state index in [1.807, 2.05) is 44.2 Å². The number of rotatable bonds is 15. The zero-order valence-corrected chi connectivity index (χ0v) is 27.0. The lowest BCUT2D eigenvalue weighted by Gasteiger charge is -2.38. The molecule has 0 bridgehead atoms. The van der Waals surface area contributed by atoms with E-state index in [0.29, 0.717) is 22.2 Å². The van der Waals surface area contributed by atoms with Gasteiger partial charge < -0.3 is 34.1 Å². The van der Waals surface area contributed by atoms with E-state index in [0.717, 1.165) is 5.56 Å². The van der Waals surface area contributed by atoms with E-state index in [9.17, 15) is 14.7 Å². The lowest BCUT2D eigenvalue weighted by Crippen LogP contribution is -2.48. The van der Waals surface area contributed by atoms with E-state index < -0.39 is 35.9 Å². The van der Waals surface area contributed by atoms with Crippen LogP contribution in [0.15, 0.2) is 60.8 Å². The molecule has 0 aliphatic rings. The van der Waals surface area contributed by atoms with Gasteiger partial charge in [-0.25, -0.2) is 9.78 Å². The number of amides is 1. The molecule has 2 aromatic carbocycles. The van der Waals surface area contributed by atoms with Crippen LogP contribution in [0, 0.1) is 5.92 Å². The molecule has 0 aliphatic carbocycles. The standard InChI is InChI=1S/C32H38Cl2N2O8/c1-19(36-30(38)28-29(42-18-41-21(3)37)27(40-6)14-15-35-28)31(39)43-20(2)24(16-22-10-8-7-9-11-22)32(4,5)44-26-13-12-23(33)17-25(26)34/h7-15,17,19-21,24,37H,16,18H2,1-6H3,(H,36,38)/t19-,20-,21?,24-/m0/s1. The normalized spacial score (nSPS) is 14.1. The molecule has 0 radical (unpaired) electrons. The van der Waals surface area contributed by atoms with E-state index in [-0.39, 0.29) is 29.9 Å². The second-order valence-electron chi connectivity index (χ2n) is 10.6. The molecule has 4 atom stereocenters. The van der Waals surface area contributed by atoms with Crippen molar-refractivity contribution in [3.63, 3.8) is 0 Å². The second-order valence-corrected chi connectivity index (χ2v) is 11.5. The summed E-state index contributed by atoms with van der Waals surface area (Å²) in [6.07, 6.45) is 0.160. The first-order valence-corrected chi connectivity index (χ1v) is 14.7. The van der Waals surface area contributed by atoms with Crippen LogP contribution in [0.1, 0.15) is 50.7 Å². The van der Waals surface area contributed by atoms with Gasteiger partial charge in [0, 0.05) is 23.2 Å². The number of methoxy groups -OCH3 is 1. The van der Waals surface area contributed by atoms with Crippen molar-refractivity contribution in [2.75, 3.05) is 13.9 Å². The van der Waals surface area contributed by atoms with Crippen molar-refractivity contribution in [1.82, 2.24) is 10.3 Å². The number of halogens is 2. The fraction of sp³-hybridized carbons (Fsp3) is 0.406.